The van der Waals surface area contributed by atoms with Crippen LogP contribution in [0.1, 0.15) is 18.4 Å². The van der Waals surface area contributed by atoms with E-state index in [0.717, 1.165) is 37.2 Å². The number of amides is 2. The molecule has 0 spiro atoms. The molecule has 5 heteroatoms. The summed E-state index contributed by atoms with van der Waals surface area (Å²) in [6.07, 6.45) is 1.83. The first kappa shape index (κ1) is 14.6. The van der Waals surface area contributed by atoms with Gasteiger partial charge in [0.25, 0.3) is 0 Å². The Bertz CT molecular complexity index is 482. The van der Waals surface area contributed by atoms with Gasteiger partial charge in [0, 0.05) is 38.9 Å². The van der Waals surface area contributed by atoms with Gasteiger partial charge >= 0.3 is 6.03 Å². The van der Waals surface area contributed by atoms with E-state index in [1.165, 1.54) is 12.1 Å². The van der Waals surface area contributed by atoms with Gasteiger partial charge in [-0.25, -0.2) is 9.18 Å². The average Bonchev–Trinajstić information content (AvgIpc) is 2.42. The Morgan fingerprint density at radius 2 is 2.00 bits per heavy atom. The number of rotatable bonds is 2. The van der Waals surface area contributed by atoms with Gasteiger partial charge < -0.3 is 15.1 Å². The van der Waals surface area contributed by atoms with Gasteiger partial charge in [0.15, 0.2) is 0 Å². The Morgan fingerprint density at radius 3 is 2.55 bits per heavy atom. The van der Waals surface area contributed by atoms with Crippen LogP contribution in [0.4, 0.5) is 14.9 Å². The third-order valence-corrected chi connectivity index (χ3v) is 3.70. The number of halogens is 1. The normalized spacial score (nSPS) is 16.1. The second-order valence-electron chi connectivity index (χ2n) is 5.54. The van der Waals surface area contributed by atoms with Gasteiger partial charge in [0.1, 0.15) is 5.82 Å². The molecule has 2 amide bonds. The Morgan fingerprint density at radius 1 is 1.35 bits per heavy atom. The second kappa shape index (κ2) is 6.11. The molecule has 1 aliphatic heterocycles. The van der Waals surface area contributed by atoms with Crippen LogP contribution >= 0.6 is 0 Å². The molecule has 1 aromatic rings. The number of anilines is 1. The molecule has 1 aliphatic rings. The monoisotopic (exact) mass is 279 g/mol. The van der Waals surface area contributed by atoms with Crippen molar-refractivity contribution in [2.24, 2.45) is 0 Å². The van der Waals surface area contributed by atoms with Crippen LogP contribution < -0.4 is 5.32 Å². The van der Waals surface area contributed by atoms with Gasteiger partial charge in [0.2, 0.25) is 0 Å². The SMILES string of the molecule is Cc1cc(F)ccc1NC1CCN(C(=O)N(C)C)CC1. The smallest absolute Gasteiger partial charge is 0.319 e. The predicted octanol–water partition coefficient (Wildman–Crippen LogP) is 2.69. The highest BCUT2D eigenvalue weighted by Crippen LogP contribution is 2.21. The molecule has 1 heterocycles. The van der Waals surface area contributed by atoms with Crippen molar-refractivity contribution in [3.8, 4) is 0 Å². The third-order valence-electron chi connectivity index (χ3n) is 3.70. The Labute approximate surface area is 119 Å². The van der Waals surface area contributed by atoms with Crippen molar-refractivity contribution < 1.29 is 9.18 Å². The summed E-state index contributed by atoms with van der Waals surface area (Å²) in [5.74, 6) is -0.209. The highest BCUT2D eigenvalue weighted by molar-refractivity contribution is 5.73. The van der Waals surface area contributed by atoms with Gasteiger partial charge in [-0.2, -0.15) is 0 Å². The first-order valence-electron chi connectivity index (χ1n) is 6.96. The number of hydrogen-bond donors (Lipinski definition) is 1. The number of likely N-dealkylation sites (tertiary alicyclic amines) is 1. The van der Waals surface area contributed by atoms with Crippen LogP contribution in [0, 0.1) is 12.7 Å². The van der Waals surface area contributed by atoms with Gasteiger partial charge in [0.05, 0.1) is 0 Å². The summed E-state index contributed by atoms with van der Waals surface area (Å²) in [5, 5.41) is 3.45. The zero-order chi connectivity index (χ0) is 14.7. The Hall–Kier alpha value is -1.78. The number of urea groups is 1. The summed E-state index contributed by atoms with van der Waals surface area (Å²) in [6, 6.07) is 5.20. The maximum absolute atomic E-state index is 13.1. The first-order valence-corrected chi connectivity index (χ1v) is 6.96. The minimum absolute atomic E-state index is 0.0708. The van der Waals surface area contributed by atoms with E-state index < -0.39 is 0 Å². The number of aryl methyl sites for hydroxylation is 1. The van der Waals surface area contributed by atoms with Gasteiger partial charge in [-0.05, 0) is 43.5 Å². The number of nitrogens with one attached hydrogen (secondary N) is 1. The van der Waals surface area contributed by atoms with Crippen LogP contribution in [-0.2, 0) is 0 Å². The molecule has 0 bridgehead atoms. The largest absolute Gasteiger partial charge is 0.382 e. The van der Waals surface area contributed by atoms with Gasteiger partial charge in [-0.3, -0.25) is 0 Å². The van der Waals surface area contributed by atoms with Crippen molar-refractivity contribution >= 4 is 11.7 Å². The first-order chi connectivity index (χ1) is 9.47. The summed E-state index contributed by atoms with van der Waals surface area (Å²) in [4.78, 5) is 15.3. The number of carbonyl (C=O) groups excluding carboxylic acids is 1. The second-order valence-corrected chi connectivity index (χ2v) is 5.54. The van der Waals surface area contributed by atoms with Gasteiger partial charge in [-0.15, -0.1) is 0 Å². The van der Waals surface area contributed by atoms with E-state index in [4.69, 9.17) is 0 Å². The van der Waals surface area contributed by atoms with Crippen LogP contribution in [-0.4, -0.2) is 49.1 Å². The fourth-order valence-corrected chi connectivity index (χ4v) is 2.51. The van der Waals surface area contributed by atoms with E-state index >= 15 is 0 Å². The zero-order valence-electron chi connectivity index (χ0n) is 12.3. The summed E-state index contributed by atoms with van der Waals surface area (Å²) < 4.78 is 13.1. The highest BCUT2D eigenvalue weighted by atomic mass is 19.1. The fourth-order valence-electron chi connectivity index (χ4n) is 2.51. The average molecular weight is 279 g/mol. The lowest BCUT2D eigenvalue weighted by Gasteiger charge is -2.34. The lowest BCUT2D eigenvalue weighted by Crippen LogP contribution is -2.46. The molecule has 2 rings (SSSR count). The van der Waals surface area contributed by atoms with Crippen LogP contribution in [0.25, 0.3) is 0 Å². The maximum atomic E-state index is 13.1. The number of carbonyl (C=O) groups is 1. The van der Waals surface area contributed by atoms with Crippen LogP contribution in [0.3, 0.4) is 0 Å². The van der Waals surface area contributed by atoms with Crippen molar-refractivity contribution in [1.82, 2.24) is 9.80 Å². The van der Waals surface area contributed by atoms with E-state index in [-0.39, 0.29) is 11.8 Å². The minimum Gasteiger partial charge on any atom is -0.382 e. The zero-order valence-corrected chi connectivity index (χ0v) is 12.3. The lowest BCUT2D eigenvalue weighted by molar-refractivity contribution is 0.158. The minimum atomic E-state index is -0.209. The molecule has 1 saturated heterocycles. The van der Waals surface area contributed by atoms with Crippen LogP contribution in [0.2, 0.25) is 0 Å². The Balaban J connectivity index is 1.90. The van der Waals surface area contributed by atoms with Crippen molar-refractivity contribution in [2.75, 3.05) is 32.5 Å². The van der Waals surface area contributed by atoms with Crippen LogP contribution in [0.5, 0.6) is 0 Å². The molecule has 110 valence electrons. The topological polar surface area (TPSA) is 35.6 Å². The van der Waals surface area contributed by atoms with E-state index in [1.54, 1.807) is 25.1 Å². The fraction of sp³-hybridized carbons (Fsp3) is 0.533. The van der Waals surface area contributed by atoms with Crippen molar-refractivity contribution in [1.29, 1.82) is 0 Å². The van der Waals surface area contributed by atoms with E-state index in [1.807, 2.05) is 11.8 Å². The third kappa shape index (κ3) is 3.40. The highest BCUT2D eigenvalue weighted by Gasteiger charge is 2.23. The molecule has 0 radical (unpaired) electrons. The summed E-state index contributed by atoms with van der Waals surface area (Å²) in [5.41, 5.74) is 1.89. The molecule has 0 saturated carbocycles. The van der Waals surface area contributed by atoms with E-state index in [9.17, 15) is 9.18 Å². The van der Waals surface area contributed by atoms with E-state index in [0.29, 0.717) is 6.04 Å². The molecule has 1 aromatic carbocycles. The quantitative estimate of drug-likeness (QED) is 0.903. The maximum Gasteiger partial charge on any atom is 0.319 e. The van der Waals surface area contributed by atoms with E-state index in [2.05, 4.69) is 5.32 Å². The molecule has 0 atom stereocenters. The van der Waals surface area contributed by atoms with Gasteiger partial charge in [-0.1, -0.05) is 0 Å². The molecule has 4 nitrogen and oxygen atoms in total. The van der Waals surface area contributed by atoms with Crippen molar-refractivity contribution in [3.63, 3.8) is 0 Å². The molecule has 1 fully saturated rings. The summed E-state index contributed by atoms with van der Waals surface area (Å²) in [6.45, 7) is 3.42. The van der Waals surface area contributed by atoms with Crippen molar-refractivity contribution in [2.45, 2.75) is 25.8 Å². The lowest BCUT2D eigenvalue weighted by atomic mass is 10.0. The predicted molar refractivity (Wildman–Crippen MR) is 78.4 cm³/mol. The summed E-state index contributed by atoms with van der Waals surface area (Å²) >= 11 is 0. The molecule has 0 unspecified atom stereocenters. The number of hydrogen-bond acceptors (Lipinski definition) is 2. The molecule has 1 N–H and O–H groups in total. The number of benzene rings is 1. The molecule has 0 aromatic heterocycles. The standard InChI is InChI=1S/C15H22FN3O/c1-11-10-12(16)4-5-14(11)17-13-6-8-19(9-7-13)15(20)18(2)3/h4-5,10,13,17H,6-9H2,1-3H3. The molecule has 0 aliphatic carbocycles. The molecular weight excluding hydrogens is 257 g/mol. The summed E-state index contributed by atoms with van der Waals surface area (Å²) in [7, 11) is 3.54. The van der Waals surface area contributed by atoms with Crippen molar-refractivity contribution in [3.05, 3.63) is 29.6 Å². The molecular formula is C15H22FN3O. The van der Waals surface area contributed by atoms with Crippen LogP contribution in [0.15, 0.2) is 18.2 Å². The number of piperidine rings is 1. The Kier molecular flexibility index (Phi) is 4.47. The molecule has 20 heavy (non-hydrogen) atoms. The number of nitrogens with zero attached hydrogens (tertiary/aromatic N) is 2.